The summed E-state index contributed by atoms with van der Waals surface area (Å²) in [7, 11) is 0. The Hall–Kier alpha value is -0.500. The maximum atomic E-state index is 5.43. The molecule has 0 bridgehead atoms. The average molecular weight is 517 g/mol. The number of rotatable bonds is 4. The number of hydrogen-bond donors (Lipinski definition) is 6. The predicted molar refractivity (Wildman–Crippen MR) is 154 cm³/mol. The molecule has 0 nitrogen and oxygen atoms in total. The van der Waals surface area contributed by atoms with Crippen LogP contribution in [-0.2, 0) is 5.41 Å². The highest BCUT2D eigenvalue weighted by Crippen LogP contribution is 2.66. The molecule has 160 valence electrons. The minimum Gasteiger partial charge on any atom is -0.169 e. The second-order valence-electron chi connectivity index (χ2n) is 7.82. The van der Waals surface area contributed by atoms with Gasteiger partial charge in [-0.25, -0.2) is 0 Å². The molecule has 0 saturated carbocycles. The number of benzene rings is 3. The third kappa shape index (κ3) is 3.44. The number of hydrogen-bond acceptors (Lipinski definition) is 6. The first-order valence-electron chi connectivity index (χ1n) is 9.85. The van der Waals surface area contributed by atoms with Crippen molar-refractivity contribution in [3.63, 3.8) is 0 Å². The summed E-state index contributed by atoms with van der Waals surface area (Å²) in [5, 5.41) is -0.269. The van der Waals surface area contributed by atoms with Gasteiger partial charge in [0.2, 0.25) is 0 Å². The van der Waals surface area contributed by atoms with Gasteiger partial charge in [0.05, 0.1) is 18.3 Å². The standard InChI is InChI=1S/C25H24S6/c26-21-16-17-22(27,25(30,31)24(21,28)29)23(18-10-4-1-5-11-18,19-12-6-2-7-13-19)20-14-8-3-9-15-20/h1-17,21,26-31H. The summed E-state index contributed by atoms with van der Waals surface area (Å²) in [5.41, 5.74) is 2.49. The van der Waals surface area contributed by atoms with Crippen molar-refractivity contribution in [2.75, 3.05) is 0 Å². The second kappa shape index (κ2) is 8.69. The fraction of sp³-hybridized carbons (Fsp3) is 0.200. The summed E-state index contributed by atoms with van der Waals surface area (Å²) in [5.74, 6) is 0. The molecule has 0 amide bonds. The number of thiol groups is 6. The first-order valence-corrected chi connectivity index (χ1v) is 12.6. The molecule has 0 aromatic heterocycles. The van der Waals surface area contributed by atoms with Gasteiger partial charge in [0.25, 0.3) is 0 Å². The van der Waals surface area contributed by atoms with Crippen molar-refractivity contribution in [3.05, 3.63) is 120 Å². The van der Waals surface area contributed by atoms with Crippen LogP contribution < -0.4 is 0 Å². The van der Waals surface area contributed by atoms with Crippen LogP contribution in [0.3, 0.4) is 0 Å². The van der Waals surface area contributed by atoms with Crippen LogP contribution >= 0.6 is 75.8 Å². The molecule has 0 spiro atoms. The van der Waals surface area contributed by atoms with Gasteiger partial charge in [-0.3, -0.25) is 0 Å². The SMILES string of the molecule is SC1C=CC(S)(C(c2ccccc2)(c2ccccc2)c2ccccc2)C(S)(S)C1(S)S. The monoisotopic (exact) mass is 516 g/mol. The molecule has 0 aliphatic heterocycles. The molecule has 31 heavy (non-hydrogen) atoms. The van der Waals surface area contributed by atoms with Gasteiger partial charge in [-0.1, -0.05) is 103 Å². The lowest BCUT2D eigenvalue weighted by Gasteiger charge is -2.61. The zero-order valence-corrected chi connectivity index (χ0v) is 21.9. The molecule has 0 saturated heterocycles. The van der Waals surface area contributed by atoms with Crippen molar-refractivity contribution in [1.82, 2.24) is 0 Å². The molecule has 2 unspecified atom stereocenters. The van der Waals surface area contributed by atoms with E-state index in [1.165, 1.54) is 0 Å². The van der Waals surface area contributed by atoms with E-state index in [-0.39, 0.29) is 5.25 Å². The van der Waals surface area contributed by atoms with Crippen molar-refractivity contribution in [2.24, 2.45) is 0 Å². The first kappa shape index (κ1) is 23.7. The van der Waals surface area contributed by atoms with Gasteiger partial charge in [0.15, 0.2) is 0 Å². The van der Waals surface area contributed by atoms with Crippen LogP contribution in [0.25, 0.3) is 0 Å². The topological polar surface area (TPSA) is 0 Å². The van der Waals surface area contributed by atoms with E-state index in [9.17, 15) is 0 Å². The second-order valence-corrected chi connectivity index (χ2v) is 12.5. The Balaban J connectivity index is 2.20. The highest BCUT2D eigenvalue weighted by Gasteiger charge is 2.67. The van der Waals surface area contributed by atoms with E-state index in [1.54, 1.807) is 0 Å². The Labute approximate surface area is 217 Å². The average Bonchev–Trinajstić information content (AvgIpc) is 2.79. The molecule has 3 aromatic carbocycles. The molecule has 0 fully saturated rings. The fourth-order valence-corrected chi connectivity index (χ4v) is 7.18. The van der Waals surface area contributed by atoms with Gasteiger partial charge in [0, 0.05) is 5.25 Å². The normalized spacial score (nSPS) is 24.6. The van der Waals surface area contributed by atoms with Crippen molar-refractivity contribution >= 4 is 75.8 Å². The van der Waals surface area contributed by atoms with Gasteiger partial charge in [-0.2, -0.15) is 75.8 Å². The molecular formula is C25H24S6. The van der Waals surface area contributed by atoms with E-state index in [4.69, 9.17) is 75.8 Å². The highest BCUT2D eigenvalue weighted by atomic mass is 32.2. The fourth-order valence-electron chi connectivity index (χ4n) is 4.58. The van der Waals surface area contributed by atoms with Crippen LogP contribution in [-0.4, -0.2) is 18.2 Å². The Morgan fingerprint density at radius 1 is 0.581 bits per heavy atom. The Bertz CT molecular complexity index is 966. The highest BCUT2D eigenvalue weighted by molar-refractivity contribution is 8.09. The van der Waals surface area contributed by atoms with Crippen LogP contribution in [0.1, 0.15) is 16.7 Å². The first-order chi connectivity index (χ1) is 14.7. The third-order valence-corrected chi connectivity index (χ3v) is 11.7. The molecule has 6 heteroatoms. The minimum atomic E-state index is -1.09. The molecule has 0 N–H and O–H groups in total. The molecule has 0 radical (unpaired) electrons. The summed E-state index contributed by atoms with van der Waals surface area (Å²) in [6.45, 7) is 0. The minimum absolute atomic E-state index is 0.269. The lowest BCUT2D eigenvalue weighted by atomic mass is 9.58. The van der Waals surface area contributed by atoms with Crippen LogP contribution in [0.15, 0.2) is 103 Å². The summed E-state index contributed by atoms with van der Waals surface area (Å²) in [4.78, 5) is 0. The Morgan fingerprint density at radius 2 is 0.935 bits per heavy atom. The van der Waals surface area contributed by atoms with Gasteiger partial charge in [-0.15, -0.1) is 0 Å². The van der Waals surface area contributed by atoms with E-state index in [1.807, 2.05) is 24.3 Å². The van der Waals surface area contributed by atoms with Gasteiger partial charge in [-0.05, 0) is 16.7 Å². The van der Waals surface area contributed by atoms with Crippen LogP contribution in [0.5, 0.6) is 0 Å². The smallest absolute Gasteiger partial charge is 0.0993 e. The Kier molecular flexibility index (Phi) is 6.63. The zero-order chi connectivity index (χ0) is 22.3. The van der Waals surface area contributed by atoms with Gasteiger partial charge >= 0.3 is 0 Å². The summed E-state index contributed by atoms with van der Waals surface area (Å²) >= 11 is 30.2. The van der Waals surface area contributed by atoms with E-state index >= 15 is 0 Å². The van der Waals surface area contributed by atoms with Crippen molar-refractivity contribution < 1.29 is 0 Å². The lowest BCUT2D eigenvalue weighted by molar-refractivity contribution is 0.433. The maximum absolute atomic E-state index is 5.43. The molecule has 0 heterocycles. The van der Waals surface area contributed by atoms with Crippen molar-refractivity contribution in [2.45, 2.75) is 23.6 Å². The summed E-state index contributed by atoms with van der Waals surface area (Å²) < 4.78 is -3.00. The zero-order valence-electron chi connectivity index (χ0n) is 16.6. The summed E-state index contributed by atoms with van der Waals surface area (Å²) in [6, 6.07) is 31.2. The molecule has 1 aliphatic rings. The largest absolute Gasteiger partial charge is 0.169 e. The molecule has 4 rings (SSSR count). The van der Waals surface area contributed by atoms with E-state index < -0.39 is 18.3 Å². The van der Waals surface area contributed by atoms with Crippen LogP contribution in [0.2, 0.25) is 0 Å². The molecule has 2 atom stereocenters. The van der Waals surface area contributed by atoms with Crippen molar-refractivity contribution in [3.8, 4) is 0 Å². The van der Waals surface area contributed by atoms with Crippen molar-refractivity contribution in [1.29, 1.82) is 0 Å². The maximum Gasteiger partial charge on any atom is 0.0993 e. The van der Waals surface area contributed by atoms with Crippen LogP contribution in [0, 0.1) is 0 Å². The predicted octanol–water partition coefficient (Wildman–Crippen LogP) is 6.67. The molecule has 1 aliphatic carbocycles. The van der Waals surface area contributed by atoms with E-state index in [0.717, 1.165) is 16.7 Å². The molecule has 3 aromatic rings. The van der Waals surface area contributed by atoms with Gasteiger partial charge in [0.1, 0.15) is 0 Å². The third-order valence-electron chi connectivity index (χ3n) is 6.17. The Morgan fingerprint density at radius 3 is 1.29 bits per heavy atom. The quantitative estimate of drug-likeness (QED) is 0.0949. The van der Waals surface area contributed by atoms with E-state index in [0.29, 0.717) is 0 Å². The molecular weight excluding hydrogens is 493 g/mol. The van der Waals surface area contributed by atoms with E-state index in [2.05, 4.69) is 78.9 Å². The van der Waals surface area contributed by atoms with Crippen LogP contribution in [0.4, 0.5) is 0 Å². The lowest BCUT2D eigenvalue weighted by Crippen LogP contribution is -2.67. The van der Waals surface area contributed by atoms with Gasteiger partial charge < -0.3 is 0 Å². The summed E-state index contributed by atoms with van der Waals surface area (Å²) in [6.07, 6.45) is 4.08.